The van der Waals surface area contributed by atoms with Crippen LogP contribution in [0.25, 0.3) is 0 Å². The maximum atomic E-state index is 11.0. The van der Waals surface area contributed by atoms with Crippen LogP contribution in [0.5, 0.6) is 0 Å². The first-order valence-electron chi connectivity index (χ1n) is 6.43. The summed E-state index contributed by atoms with van der Waals surface area (Å²) in [5, 5.41) is 14.5. The van der Waals surface area contributed by atoms with Crippen LogP contribution in [0.1, 0.15) is 19.0 Å². The third-order valence-corrected chi connectivity index (χ3v) is 3.24. The number of nitro groups is 1. The van der Waals surface area contributed by atoms with Crippen molar-refractivity contribution in [2.24, 2.45) is 0 Å². The minimum Gasteiger partial charge on any atom is -0.374 e. The van der Waals surface area contributed by atoms with Gasteiger partial charge in [0.2, 0.25) is 0 Å². The van der Waals surface area contributed by atoms with Gasteiger partial charge in [0.25, 0.3) is 5.69 Å². The van der Waals surface area contributed by atoms with Gasteiger partial charge in [0.1, 0.15) is 5.69 Å². The molecule has 0 atom stereocenters. The van der Waals surface area contributed by atoms with E-state index in [0.29, 0.717) is 17.3 Å². The number of rotatable bonds is 6. The maximum Gasteiger partial charge on any atom is 0.293 e. The molecule has 2 rings (SSSR count). The Morgan fingerprint density at radius 1 is 1.40 bits per heavy atom. The number of anilines is 1. The van der Waals surface area contributed by atoms with Gasteiger partial charge in [-0.1, -0.05) is 18.5 Å². The van der Waals surface area contributed by atoms with Crippen LogP contribution in [0.3, 0.4) is 0 Å². The van der Waals surface area contributed by atoms with Gasteiger partial charge < -0.3 is 9.88 Å². The van der Waals surface area contributed by atoms with Crippen molar-refractivity contribution < 1.29 is 4.92 Å². The second kappa shape index (κ2) is 6.43. The molecule has 0 unspecified atom stereocenters. The molecule has 0 spiro atoms. The normalized spacial score (nSPS) is 10.5. The van der Waals surface area contributed by atoms with Gasteiger partial charge in [-0.25, -0.2) is 0 Å². The maximum absolute atomic E-state index is 11.0. The lowest BCUT2D eigenvalue weighted by molar-refractivity contribution is -0.383. The predicted molar refractivity (Wildman–Crippen MR) is 80.2 cm³/mol. The highest BCUT2D eigenvalue weighted by atomic mass is 35.5. The predicted octanol–water partition coefficient (Wildman–Crippen LogP) is 4.07. The average molecular weight is 294 g/mol. The zero-order valence-electron chi connectivity index (χ0n) is 11.2. The van der Waals surface area contributed by atoms with Crippen molar-refractivity contribution in [3.8, 4) is 0 Å². The third kappa shape index (κ3) is 3.30. The summed E-state index contributed by atoms with van der Waals surface area (Å²) in [7, 11) is 0. The number of halogens is 1. The summed E-state index contributed by atoms with van der Waals surface area (Å²) in [6, 6.07) is 8.61. The first-order chi connectivity index (χ1) is 9.61. The molecule has 0 bridgehead atoms. The Kier molecular flexibility index (Phi) is 4.63. The van der Waals surface area contributed by atoms with Gasteiger partial charge in [0.05, 0.1) is 11.5 Å². The van der Waals surface area contributed by atoms with Gasteiger partial charge in [-0.15, -0.1) is 0 Å². The molecule has 106 valence electrons. The van der Waals surface area contributed by atoms with E-state index < -0.39 is 4.92 Å². The van der Waals surface area contributed by atoms with Crippen molar-refractivity contribution in [2.45, 2.75) is 26.4 Å². The molecule has 0 saturated carbocycles. The van der Waals surface area contributed by atoms with Crippen LogP contribution in [0, 0.1) is 10.1 Å². The monoisotopic (exact) mass is 293 g/mol. The average Bonchev–Trinajstić information content (AvgIpc) is 2.85. The van der Waals surface area contributed by atoms with Gasteiger partial charge in [-0.05, 0) is 30.7 Å². The van der Waals surface area contributed by atoms with Crippen LogP contribution in [0.4, 0.5) is 11.4 Å². The lowest BCUT2D eigenvalue weighted by Crippen LogP contribution is -2.08. The highest BCUT2D eigenvalue weighted by molar-refractivity contribution is 6.30. The molecule has 0 amide bonds. The number of nitrogens with one attached hydrogen (secondary N) is 1. The van der Waals surface area contributed by atoms with E-state index >= 15 is 0 Å². The van der Waals surface area contributed by atoms with Crippen LogP contribution in [-0.2, 0) is 13.1 Å². The van der Waals surface area contributed by atoms with Crippen LogP contribution in [-0.4, -0.2) is 9.49 Å². The fourth-order valence-corrected chi connectivity index (χ4v) is 2.23. The van der Waals surface area contributed by atoms with Gasteiger partial charge in [0.15, 0.2) is 0 Å². The largest absolute Gasteiger partial charge is 0.374 e. The fourth-order valence-electron chi connectivity index (χ4n) is 2.06. The summed E-state index contributed by atoms with van der Waals surface area (Å²) >= 11 is 5.79. The van der Waals surface area contributed by atoms with Crippen LogP contribution in [0.15, 0.2) is 36.5 Å². The van der Waals surface area contributed by atoms with Gasteiger partial charge in [-0.2, -0.15) is 0 Å². The zero-order chi connectivity index (χ0) is 14.5. The standard InChI is InChI=1S/C14H16ClN3O2/c1-2-7-17-8-3-4-12(17)10-16-13-6-5-11(15)9-14(13)18(19)20/h3-6,8-9,16H,2,7,10H2,1H3. The number of hydrogen-bond acceptors (Lipinski definition) is 3. The number of nitro benzene ring substituents is 1. The molecule has 1 aromatic heterocycles. The number of aromatic nitrogens is 1. The smallest absolute Gasteiger partial charge is 0.293 e. The summed E-state index contributed by atoms with van der Waals surface area (Å²) in [4.78, 5) is 10.6. The van der Waals surface area contributed by atoms with E-state index in [-0.39, 0.29) is 5.69 Å². The lowest BCUT2D eigenvalue weighted by atomic mass is 10.2. The lowest BCUT2D eigenvalue weighted by Gasteiger charge is -2.10. The topological polar surface area (TPSA) is 60.1 Å². The summed E-state index contributed by atoms with van der Waals surface area (Å²) in [6.45, 7) is 3.59. The number of aryl methyl sites for hydroxylation is 1. The Bertz CT molecular complexity index is 610. The molecular formula is C14H16ClN3O2. The molecule has 20 heavy (non-hydrogen) atoms. The second-order valence-corrected chi connectivity index (χ2v) is 4.90. The van der Waals surface area contributed by atoms with Crippen molar-refractivity contribution in [1.82, 2.24) is 4.57 Å². The molecule has 1 aromatic carbocycles. The van der Waals surface area contributed by atoms with E-state index in [2.05, 4.69) is 16.8 Å². The van der Waals surface area contributed by atoms with Crippen molar-refractivity contribution in [3.63, 3.8) is 0 Å². The Labute approximate surface area is 122 Å². The van der Waals surface area contributed by atoms with Crippen molar-refractivity contribution >= 4 is 23.0 Å². The molecular weight excluding hydrogens is 278 g/mol. The molecule has 1 N–H and O–H groups in total. The number of nitrogens with zero attached hydrogens (tertiary/aromatic N) is 2. The van der Waals surface area contributed by atoms with E-state index in [1.807, 2.05) is 18.3 Å². The fraction of sp³-hybridized carbons (Fsp3) is 0.286. The Morgan fingerprint density at radius 3 is 2.90 bits per heavy atom. The molecule has 0 aliphatic rings. The Balaban J connectivity index is 2.14. The first kappa shape index (κ1) is 14.4. The van der Waals surface area contributed by atoms with E-state index in [4.69, 9.17) is 11.6 Å². The highest BCUT2D eigenvalue weighted by Gasteiger charge is 2.14. The summed E-state index contributed by atoms with van der Waals surface area (Å²) in [5.74, 6) is 0. The van der Waals surface area contributed by atoms with Gasteiger partial charge in [0, 0.05) is 29.5 Å². The van der Waals surface area contributed by atoms with Crippen LogP contribution < -0.4 is 5.32 Å². The number of hydrogen-bond donors (Lipinski definition) is 1. The van der Waals surface area contributed by atoms with Crippen molar-refractivity contribution in [2.75, 3.05) is 5.32 Å². The summed E-state index contributed by atoms with van der Waals surface area (Å²) in [6.07, 6.45) is 3.06. The molecule has 5 nitrogen and oxygen atoms in total. The highest BCUT2D eigenvalue weighted by Crippen LogP contribution is 2.28. The number of benzene rings is 1. The molecule has 0 radical (unpaired) electrons. The molecule has 0 aliphatic heterocycles. The molecule has 1 heterocycles. The molecule has 2 aromatic rings. The van der Waals surface area contributed by atoms with E-state index in [1.165, 1.54) is 6.07 Å². The minimum absolute atomic E-state index is 0.00824. The second-order valence-electron chi connectivity index (χ2n) is 4.47. The molecule has 0 aliphatic carbocycles. The Hall–Kier alpha value is -2.01. The Morgan fingerprint density at radius 2 is 2.20 bits per heavy atom. The zero-order valence-corrected chi connectivity index (χ0v) is 11.9. The third-order valence-electron chi connectivity index (χ3n) is 3.00. The van der Waals surface area contributed by atoms with E-state index in [1.54, 1.807) is 12.1 Å². The van der Waals surface area contributed by atoms with Crippen molar-refractivity contribution in [1.29, 1.82) is 0 Å². The minimum atomic E-state index is -0.431. The van der Waals surface area contributed by atoms with Crippen LogP contribution >= 0.6 is 11.6 Å². The van der Waals surface area contributed by atoms with Crippen molar-refractivity contribution in [3.05, 3.63) is 57.4 Å². The molecule has 0 saturated heterocycles. The van der Waals surface area contributed by atoms with Gasteiger partial charge >= 0.3 is 0 Å². The van der Waals surface area contributed by atoms with Crippen LogP contribution in [0.2, 0.25) is 5.02 Å². The van der Waals surface area contributed by atoms with E-state index in [0.717, 1.165) is 18.7 Å². The first-order valence-corrected chi connectivity index (χ1v) is 6.81. The molecule has 0 fully saturated rings. The van der Waals surface area contributed by atoms with Gasteiger partial charge in [-0.3, -0.25) is 10.1 Å². The quantitative estimate of drug-likeness (QED) is 0.645. The molecule has 6 heteroatoms. The summed E-state index contributed by atoms with van der Waals surface area (Å²) < 4.78 is 2.13. The van der Waals surface area contributed by atoms with E-state index in [9.17, 15) is 10.1 Å². The summed E-state index contributed by atoms with van der Waals surface area (Å²) in [5.41, 5.74) is 1.56. The SMILES string of the molecule is CCCn1cccc1CNc1ccc(Cl)cc1[N+](=O)[O-].